The SMILES string of the molecule is In1c2ccc(-n3c4ccccc4c4c5ccccc5ccc43)cc2c2c3ccccc3ccc21. The number of benzene rings is 6. The van der Waals surface area contributed by atoms with Gasteiger partial charge in [0.05, 0.1) is 44.9 Å². The first kappa shape index (κ1) is 19.5. The molecule has 0 N–H and O–H groups in total. The van der Waals surface area contributed by atoms with Gasteiger partial charge in [-0.15, -0.1) is 0 Å². The molecule has 0 atom stereocenters. The van der Waals surface area contributed by atoms with Crippen LogP contribution in [0.25, 0.3) is 70.8 Å². The Bertz CT molecular complexity index is 2130. The average molecular weight is 558 g/mol. The van der Waals surface area contributed by atoms with Crippen LogP contribution < -0.4 is 0 Å². The van der Waals surface area contributed by atoms with Gasteiger partial charge >= 0.3 is 0 Å². The lowest BCUT2D eigenvalue weighted by atomic mass is 10.0. The van der Waals surface area contributed by atoms with Crippen LogP contribution >= 0.6 is 22.9 Å². The van der Waals surface area contributed by atoms with Crippen LogP contribution in [0.1, 0.15) is 0 Å². The Labute approximate surface area is 215 Å². The standard InChI is InChI=1S/C32H19IN2/c33-35-28-18-15-22(19-26(28)32-24-10-4-2-8-21(24)14-17-30(32)35)34-27-12-6-5-11-25(27)31-23-9-3-1-7-20(23)13-16-29(31)34/h1-19H. The first-order chi connectivity index (χ1) is 17.3. The molecule has 0 bridgehead atoms. The Morgan fingerprint density at radius 3 is 1.74 bits per heavy atom. The summed E-state index contributed by atoms with van der Waals surface area (Å²) < 4.78 is 4.72. The van der Waals surface area contributed by atoms with E-state index in [1.54, 1.807) is 0 Å². The molecule has 0 saturated carbocycles. The molecule has 0 aliphatic rings. The lowest BCUT2D eigenvalue weighted by molar-refractivity contribution is 1.19. The summed E-state index contributed by atoms with van der Waals surface area (Å²) in [6.45, 7) is 0. The quantitative estimate of drug-likeness (QED) is 0.178. The minimum absolute atomic E-state index is 1.19. The minimum Gasteiger partial charge on any atom is -0.309 e. The summed E-state index contributed by atoms with van der Waals surface area (Å²) in [4.78, 5) is 0. The Morgan fingerprint density at radius 2 is 1.00 bits per heavy atom. The lowest BCUT2D eigenvalue weighted by Crippen LogP contribution is -1.93. The fourth-order valence-corrected chi connectivity index (χ4v) is 6.71. The predicted octanol–water partition coefficient (Wildman–Crippen LogP) is 9.40. The molecule has 0 spiro atoms. The molecule has 2 nitrogen and oxygen atoms in total. The van der Waals surface area contributed by atoms with Crippen molar-refractivity contribution in [1.29, 1.82) is 0 Å². The van der Waals surface area contributed by atoms with E-state index in [2.05, 4.69) is 145 Å². The topological polar surface area (TPSA) is 9.86 Å². The highest BCUT2D eigenvalue weighted by Crippen LogP contribution is 2.40. The van der Waals surface area contributed by atoms with E-state index in [9.17, 15) is 0 Å². The van der Waals surface area contributed by atoms with E-state index in [0.29, 0.717) is 0 Å². The zero-order valence-corrected chi connectivity index (χ0v) is 20.9. The summed E-state index contributed by atoms with van der Waals surface area (Å²) in [5.41, 5.74) is 6.17. The molecule has 2 heterocycles. The number of rotatable bonds is 1. The van der Waals surface area contributed by atoms with Gasteiger partial charge in [-0.25, -0.2) is 0 Å². The number of halogens is 1. The number of hydrogen-bond acceptors (Lipinski definition) is 0. The number of para-hydroxylation sites is 1. The summed E-state index contributed by atoms with van der Waals surface area (Å²) in [6, 6.07) is 42.1. The van der Waals surface area contributed by atoms with E-state index in [4.69, 9.17) is 0 Å². The first-order valence-electron chi connectivity index (χ1n) is 11.8. The second-order valence-electron chi connectivity index (χ2n) is 9.20. The molecule has 6 aromatic carbocycles. The van der Waals surface area contributed by atoms with Crippen LogP contribution in [0.3, 0.4) is 0 Å². The maximum atomic E-state index is 2.44. The maximum Gasteiger partial charge on any atom is 0.0646 e. The zero-order chi connectivity index (χ0) is 23.1. The van der Waals surface area contributed by atoms with E-state index < -0.39 is 0 Å². The van der Waals surface area contributed by atoms with Crippen molar-refractivity contribution in [1.82, 2.24) is 7.35 Å². The summed E-state index contributed by atoms with van der Waals surface area (Å²) in [5, 5.41) is 10.4. The maximum absolute atomic E-state index is 2.44. The van der Waals surface area contributed by atoms with Crippen molar-refractivity contribution < 1.29 is 0 Å². The molecule has 164 valence electrons. The van der Waals surface area contributed by atoms with Gasteiger partial charge in [0.1, 0.15) is 0 Å². The Hall–Kier alpha value is -3.83. The molecular formula is C32H19IN2. The third kappa shape index (κ3) is 2.59. The molecule has 8 rings (SSSR count). The van der Waals surface area contributed by atoms with Crippen LogP contribution in [-0.2, 0) is 0 Å². The number of hydrogen-bond donors (Lipinski definition) is 0. The van der Waals surface area contributed by atoms with Gasteiger partial charge in [-0.3, -0.25) is 2.78 Å². The minimum atomic E-state index is 1.19. The Balaban J connectivity index is 1.54. The van der Waals surface area contributed by atoms with E-state index in [1.807, 2.05) is 0 Å². The normalized spacial score (nSPS) is 12.1. The molecule has 8 aromatic rings. The van der Waals surface area contributed by atoms with Crippen molar-refractivity contribution in [2.45, 2.75) is 0 Å². The second-order valence-corrected chi connectivity index (χ2v) is 10.2. The summed E-state index contributed by atoms with van der Waals surface area (Å²) in [7, 11) is 0. The third-order valence-corrected chi connectivity index (χ3v) is 8.44. The van der Waals surface area contributed by atoms with Crippen molar-refractivity contribution >= 4 is 88.0 Å². The highest BCUT2D eigenvalue weighted by Gasteiger charge is 2.17. The van der Waals surface area contributed by atoms with Crippen molar-refractivity contribution in [3.05, 3.63) is 115 Å². The molecule has 0 fully saturated rings. The molecule has 2 aromatic heterocycles. The van der Waals surface area contributed by atoms with E-state index in [-0.39, 0.29) is 0 Å². The highest BCUT2D eigenvalue weighted by molar-refractivity contribution is 14.1. The summed E-state index contributed by atoms with van der Waals surface area (Å²) in [5.74, 6) is 0. The molecule has 0 aliphatic carbocycles. The zero-order valence-electron chi connectivity index (χ0n) is 18.7. The number of nitrogens with zero attached hydrogens (tertiary/aromatic N) is 2. The molecule has 0 aliphatic heterocycles. The predicted molar refractivity (Wildman–Crippen MR) is 158 cm³/mol. The van der Waals surface area contributed by atoms with Gasteiger partial charge in [-0.1, -0.05) is 78.9 Å². The van der Waals surface area contributed by atoms with Crippen molar-refractivity contribution in [2.24, 2.45) is 0 Å². The molecule has 35 heavy (non-hydrogen) atoms. The van der Waals surface area contributed by atoms with Gasteiger partial charge < -0.3 is 4.57 Å². The smallest absolute Gasteiger partial charge is 0.0646 e. The van der Waals surface area contributed by atoms with Gasteiger partial charge in [0.15, 0.2) is 0 Å². The second kappa shape index (κ2) is 7.09. The van der Waals surface area contributed by atoms with Gasteiger partial charge in [0.2, 0.25) is 0 Å². The highest BCUT2D eigenvalue weighted by atomic mass is 127. The van der Waals surface area contributed by atoms with Crippen molar-refractivity contribution in [3.8, 4) is 5.69 Å². The van der Waals surface area contributed by atoms with Gasteiger partial charge in [-0.2, -0.15) is 0 Å². The molecule has 3 heteroatoms. The van der Waals surface area contributed by atoms with Crippen LogP contribution in [-0.4, -0.2) is 7.35 Å². The van der Waals surface area contributed by atoms with Crippen molar-refractivity contribution in [2.75, 3.05) is 0 Å². The average Bonchev–Trinajstić information content (AvgIpc) is 3.41. The van der Waals surface area contributed by atoms with E-state index >= 15 is 0 Å². The van der Waals surface area contributed by atoms with Crippen molar-refractivity contribution in [3.63, 3.8) is 0 Å². The molecule has 0 amide bonds. The molecule has 0 saturated heterocycles. The fourth-order valence-electron chi connectivity index (χ4n) is 5.89. The van der Waals surface area contributed by atoms with Crippen LogP contribution in [0.4, 0.5) is 0 Å². The van der Waals surface area contributed by atoms with Crippen LogP contribution in [0.15, 0.2) is 115 Å². The molecule has 0 unspecified atom stereocenters. The monoisotopic (exact) mass is 558 g/mol. The third-order valence-electron chi connectivity index (χ3n) is 7.40. The Morgan fingerprint density at radius 1 is 0.429 bits per heavy atom. The fraction of sp³-hybridized carbons (Fsp3) is 0. The molecular weight excluding hydrogens is 539 g/mol. The van der Waals surface area contributed by atoms with E-state index in [0.717, 1.165) is 0 Å². The largest absolute Gasteiger partial charge is 0.309 e. The van der Waals surface area contributed by atoms with Crippen LogP contribution in [0.2, 0.25) is 0 Å². The number of aromatic nitrogens is 2. The van der Waals surface area contributed by atoms with Crippen LogP contribution in [0, 0.1) is 0 Å². The van der Waals surface area contributed by atoms with Gasteiger partial charge in [-0.05, 0) is 57.9 Å². The van der Waals surface area contributed by atoms with Gasteiger partial charge in [0.25, 0.3) is 0 Å². The number of fused-ring (bicyclic) bond motifs is 10. The summed E-state index contributed by atoms with van der Waals surface area (Å²) in [6.07, 6.45) is 0. The van der Waals surface area contributed by atoms with E-state index in [1.165, 1.54) is 70.8 Å². The molecule has 0 radical (unpaired) electrons. The first-order valence-corrected chi connectivity index (χ1v) is 12.8. The Kier molecular flexibility index (Phi) is 3.95. The van der Waals surface area contributed by atoms with Crippen LogP contribution in [0.5, 0.6) is 0 Å². The van der Waals surface area contributed by atoms with Gasteiger partial charge in [0, 0.05) is 27.2 Å². The lowest BCUT2D eigenvalue weighted by Gasteiger charge is -2.09. The summed E-state index contributed by atoms with van der Waals surface area (Å²) >= 11 is 2.44.